The van der Waals surface area contributed by atoms with Crippen LogP contribution in [0, 0.1) is 11.3 Å². The number of thioether (sulfide) groups is 1. The molecule has 40 heavy (non-hydrogen) atoms. The molecule has 202 valence electrons. The SMILES string of the molecule is COc1ccc(/C=C/C(=O)c2ccc(Cl)c(Cl)c2)cc1CSc1nc(C(F)(F)F)cc(-c2ccccc2)c1C#N. The maximum Gasteiger partial charge on any atom is 0.433 e. The average Bonchev–Trinajstić information content (AvgIpc) is 2.95. The number of benzene rings is 3. The lowest BCUT2D eigenvalue weighted by atomic mass is 10.0. The van der Waals surface area contributed by atoms with Crippen molar-refractivity contribution in [2.75, 3.05) is 7.11 Å². The van der Waals surface area contributed by atoms with Crippen LogP contribution in [0.3, 0.4) is 0 Å². The number of rotatable bonds is 8. The minimum atomic E-state index is -4.70. The van der Waals surface area contributed by atoms with Crippen molar-refractivity contribution in [1.82, 2.24) is 4.98 Å². The van der Waals surface area contributed by atoms with Crippen molar-refractivity contribution in [3.63, 3.8) is 0 Å². The molecule has 0 saturated carbocycles. The number of nitriles is 1. The Morgan fingerprint density at radius 3 is 2.45 bits per heavy atom. The largest absolute Gasteiger partial charge is 0.496 e. The number of ketones is 1. The highest BCUT2D eigenvalue weighted by molar-refractivity contribution is 7.98. The number of methoxy groups -OCH3 is 1. The highest BCUT2D eigenvalue weighted by Crippen LogP contribution is 2.38. The first-order valence-electron chi connectivity index (χ1n) is 11.7. The van der Waals surface area contributed by atoms with Gasteiger partial charge in [0.1, 0.15) is 22.5 Å². The first-order chi connectivity index (χ1) is 19.1. The molecular weight excluding hydrogens is 580 g/mol. The highest BCUT2D eigenvalue weighted by Gasteiger charge is 2.34. The molecule has 1 aromatic heterocycles. The Morgan fingerprint density at radius 2 is 1.80 bits per heavy atom. The number of allylic oxidation sites excluding steroid dienone is 1. The van der Waals surface area contributed by atoms with Crippen molar-refractivity contribution < 1.29 is 22.7 Å². The third kappa shape index (κ3) is 6.86. The third-order valence-electron chi connectivity index (χ3n) is 5.77. The summed E-state index contributed by atoms with van der Waals surface area (Å²) < 4.78 is 46.6. The van der Waals surface area contributed by atoms with E-state index in [9.17, 15) is 23.2 Å². The third-order valence-corrected chi connectivity index (χ3v) is 7.54. The van der Waals surface area contributed by atoms with Gasteiger partial charge < -0.3 is 4.74 Å². The summed E-state index contributed by atoms with van der Waals surface area (Å²) in [6.45, 7) is 0. The Balaban J connectivity index is 1.65. The summed E-state index contributed by atoms with van der Waals surface area (Å²) in [5.41, 5.74) is 1.25. The molecule has 0 amide bonds. The summed E-state index contributed by atoms with van der Waals surface area (Å²) in [4.78, 5) is 16.4. The number of nitrogens with zero attached hydrogens (tertiary/aromatic N) is 2. The van der Waals surface area contributed by atoms with Gasteiger partial charge >= 0.3 is 6.18 Å². The lowest BCUT2D eigenvalue weighted by Crippen LogP contribution is -2.10. The standard InChI is InChI=1S/C30H19Cl2F3N2O2S/c1-39-27-12-8-18(7-11-26(38)20-9-10-24(31)25(32)14-20)13-21(27)17-40-29-23(16-36)22(19-5-3-2-4-6-19)15-28(37-29)30(33,34)35/h2-15H,17H2,1H3/b11-7+. The molecule has 0 atom stereocenters. The van der Waals surface area contributed by atoms with Crippen LogP contribution in [0.4, 0.5) is 13.2 Å². The molecule has 4 nitrogen and oxygen atoms in total. The van der Waals surface area contributed by atoms with Crippen molar-refractivity contribution in [1.29, 1.82) is 5.26 Å². The lowest BCUT2D eigenvalue weighted by Gasteiger charge is -2.15. The Hall–Kier alpha value is -3.77. The molecule has 1 heterocycles. The van der Waals surface area contributed by atoms with Crippen LogP contribution < -0.4 is 4.74 Å². The number of hydrogen-bond acceptors (Lipinski definition) is 5. The molecular formula is C30H19Cl2F3N2O2S. The molecule has 0 unspecified atom stereocenters. The second-order valence-electron chi connectivity index (χ2n) is 8.40. The molecule has 0 aliphatic rings. The Labute approximate surface area is 243 Å². The summed E-state index contributed by atoms with van der Waals surface area (Å²) in [6, 6.07) is 21.1. The van der Waals surface area contributed by atoms with Gasteiger partial charge in [0.15, 0.2) is 5.78 Å². The van der Waals surface area contributed by atoms with E-state index < -0.39 is 11.9 Å². The number of ether oxygens (including phenoxy) is 1. The summed E-state index contributed by atoms with van der Waals surface area (Å²) in [5, 5.41) is 10.4. The number of carbonyl (C=O) groups is 1. The second kappa shape index (κ2) is 12.6. The van der Waals surface area contributed by atoms with Crippen molar-refractivity contribution in [3.8, 4) is 22.9 Å². The van der Waals surface area contributed by atoms with Crippen LogP contribution in [0.5, 0.6) is 5.75 Å². The molecule has 0 saturated heterocycles. The second-order valence-corrected chi connectivity index (χ2v) is 10.2. The van der Waals surface area contributed by atoms with Gasteiger partial charge in [-0.1, -0.05) is 65.7 Å². The molecule has 0 radical (unpaired) electrons. The zero-order chi connectivity index (χ0) is 28.9. The molecule has 0 spiro atoms. The summed E-state index contributed by atoms with van der Waals surface area (Å²) in [5.74, 6) is 0.364. The van der Waals surface area contributed by atoms with Crippen LogP contribution >= 0.6 is 35.0 Å². The van der Waals surface area contributed by atoms with Gasteiger partial charge in [-0.15, -0.1) is 11.8 Å². The molecule has 0 aliphatic heterocycles. The Bertz CT molecular complexity index is 1640. The molecule has 4 rings (SSSR count). The fourth-order valence-corrected chi connectivity index (χ4v) is 5.08. The van der Waals surface area contributed by atoms with Gasteiger partial charge in [0.25, 0.3) is 0 Å². The quantitative estimate of drug-likeness (QED) is 0.115. The summed E-state index contributed by atoms with van der Waals surface area (Å²) in [6.07, 6.45) is -1.71. The molecule has 0 N–H and O–H groups in total. The monoisotopic (exact) mass is 598 g/mol. The van der Waals surface area contributed by atoms with Gasteiger partial charge in [-0.05, 0) is 53.6 Å². The van der Waals surface area contributed by atoms with Crippen LogP contribution in [-0.4, -0.2) is 17.9 Å². The van der Waals surface area contributed by atoms with E-state index >= 15 is 0 Å². The minimum Gasteiger partial charge on any atom is -0.496 e. The van der Waals surface area contributed by atoms with E-state index in [4.69, 9.17) is 27.9 Å². The van der Waals surface area contributed by atoms with Crippen LogP contribution in [-0.2, 0) is 11.9 Å². The summed E-state index contributed by atoms with van der Waals surface area (Å²) >= 11 is 12.9. The average molecular weight is 599 g/mol. The van der Waals surface area contributed by atoms with Crippen molar-refractivity contribution >= 4 is 46.8 Å². The van der Waals surface area contributed by atoms with Gasteiger partial charge in [-0.2, -0.15) is 18.4 Å². The predicted molar refractivity (Wildman–Crippen MR) is 152 cm³/mol. The van der Waals surface area contributed by atoms with Crippen molar-refractivity contribution in [2.24, 2.45) is 0 Å². The van der Waals surface area contributed by atoms with Crippen LogP contribution in [0.25, 0.3) is 17.2 Å². The number of halogens is 5. The van der Waals surface area contributed by atoms with Gasteiger partial charge in [-0.3, -0.25) is 4.79 Å². The predicted octanol–water partition coefficient (Wildman–Crippen LogP) is 9.14. The number of carbonyl (C=O) groups excluding carboxylic acids is 1. The van der Waals surface area contributed by atoms with Gasteiger partial charge in [0, 0.05) is 22.4 Å². The van der Waals surface area contributed by atoms with Gasteiger partial charge in [0.2, 0.25) is 0 Å². The smallest absolute Gasteiger partial charge is 0.433 e. The Morgan fingerprint density at radius 1 is 1.05 bits per heavy atom. The minimum absolute atomic E-state index is 0.0472. The topological polar surface area (TPSA) is 63.0 Å². The normalized spacial score (nSPS) is 11.4. The van der Waals surface area contributed by atoms with Gasteiger partial charge in [-0.25, -0.2) is 4.98 Å². The fourth-order valence-electron chi connectivity index (χ4n) is 3.80. The first-order valence-corrected chi connectivity index (χ1v) is 13.4. The van der Waals surface area contributed by atoms with E-state index in [0.29, 0.717) is 33.0 Å². The van der Waals surface area contributed by atoms with Crippen LogP contribution in [0.15, 0.2) is 83.9 Å². The first kappa shape index (κ1) is 29.2. The van der Waals surface area contributed by atoms with Crippen LogP contribution in [0.1, 0.15) is 32.7 Å². The molecule has 0 aliphatic carbocycles. The highest BCUT2D eigenvalue weighted by atomic mass is 35.5. The lowest BCUT2D eigenvalue weighted by molar-refractivity contribution is -0.141. The van der Waals surface area contributed by atoms with E-state index in [1.54, 1.807) is 60.7 Å². The van der Waals surface area contributed by atoms with E-state index in [-0.39, 0.29) is 32.7 Å². The Kier molecular flexibility index (Phi) is 9.21. The maximum absolute atomic E-state index is 13.7. The van der Waals surface area contributed by atoms with Gasteiger partial charge in [0.05, 0.1) is 22.7 Å². The van der Waals surface area contributed by atoms with E-state index in [1.807, 2.05) is 6.07 Å². The fraction of sp³-hybridized carbons (Fsp3) is 0.100. The molecule has 4 aromatic rings. The molecule has 10 heteroatoms. The maximum atomic E-state index is 13.7. The zero-order valence-corrected chi connectivity index (χ0v) is 23.1. The zero-order valence-electron chi connectivity index (χ0n) is 20.8. The van der Waals surface area contributed by atoms with Crippen molar-refractivity contribution in [2.45, 2.75) is 17.0 Å². The number of aromatic nitrogens is 1. The number of alkyl halides is 3. The number of hydrogen-bond donors (Lipinski definition) is 0. The van der Waals surface area contributed by atoms with E-state index in [2.05, 4.69) is 4.98 Å². The molecule has 0 fully saturated rings. The van der Waals surface area contributed by atoms with E-state index in [1.165, 1.54) is 25.3 Å². The van der Waals surface area contributed by atoms with E-state index in [0.717, 1.165) is 17.8 Å². The van der Waals surface area contributed by atoms with Crippen LogP contribution in [0.2, 0.25) is 10.0 Å². The van der Waals surface area contributed by atoms with Crippen molar-refractivity contribution in [3.05, 3.63) is 117 Å². The molecule has 3 aromatic carbocycles. The molecule has 0 bridgehead atoms. The number of pyridine rings is 1. The summed E-state index contributed by atoms with van der Waals surface area (Å²) in [7, 11) is 1.48.